The Morgan fingerprint density at radius 2 is 1.70 bits per heavy atom. The van der Waals surface area contributed by atoms with E-state index in [1.165, 1.54) is 18.4 Å². The molecule has 0 radical (unpaired) electrons. The Morgan fingerprint density at radius 3 is 2.25 bits per heavy atom. The molecular weight excluding hydrogens is 248 g/mol. The highest BCUT2D eigenvalue weighted by molar-refractivity contribution is 5.74. The lowest BCUT2D eigenvalue weighted by Gasteiger charge is -2.20. The fraction of sp³-hybridized carbons (Fsp3) is 0.588. The van der Waals surface area contributed by atoms with Crippen molar-refractivity contribution in [2.75, 3.05) is 13.1 Å². The minimum atomic E-state index is 0.0832. The molecular formula is C17H26N2O. The first-order valence-electron chi connectivity index (χ1n) is 7.78. The fourth-order valence-corrected chi connectivity index (χ4v) is 2.58. The van der Waals surface area contributed by atoms with Gasteiger partial charge in [-0.15, -0.1) is 0 Å². The molecule has 2 amide bonds. The molecule has 0 aromatic heterocycles. The molecule has 0 saturated carbocycles. The van der Waals surface area contributed by atoms with Gasteiger partial charge < -0.3 is 10.2 Å². The van der Waals surface area contributed by atoms with Crippen molar-refractivity contribution >= 4 is 6.03 Å². The van der Waals surface area contributed by atoms with E-state index in [1.54, 1.807) is 0 Å². The molecule has 20 heavy (non-hydrogen) atoms. The molecule has 0 atom stereocenters. The summed E-state index contributed by atoms with van der Waals surface area (Å²) >= 11 is 0. The third-order valence-electron chi connectivity index (χ3n) is 3.98. The minimum absolute atomic E-state index is 0.0832. The average Bonchev–Trinajstić information content (AvgIpc) is 2.74. The van der Waals surface area contributed by atoms with E-state index >= 15 is 0 Å². The predicted molar refractivity (Wildman–Crippen MR) is 82.8 cm³/mol. The lowest BCUT2D eigenvalue weighted by Crippen LogP contribution is -2.40. The van der Waals surface area contributed by atoms with Gasteiger partial charge in [-0.3, -0.25) is 0 Å². The first kappa shape index (κ1) is 14.9. The third kappa shape index (κ3) is 4.26. The molecule has 0 bridgehead atoms. The Labute approximate surface area is 122 Å². The molecule has 1 heterocycles. The van der Waals surface area contributed by atoms with E-state index in [9.17, 15) is 4.79 Å². The molecule has 1 aromatic carbocycles. The zero-order valence-corrected chi connectivity index (χ0v) is 12.7. The molecule has 1 aromatic rings. The maximum Gasteiger partial charge on any atom is 0.317 e. The highest BCUT2D eigenvalue weighted by atomic mass is 16.2. The van der Waals surface area contributed by atoms with E-state index in [4.69, 9.17) is 0 Å². The van der Waals surface area contributed by atoms with Gasteiger partial charge in [0.25, 0.3) is 0 Å². The summed E-state index contributed by atoms with van der Waals surface area (Å²) < 4.78 is 0. The quantitative estimate of drug-likeness (QED) is 0.891. The van der Waals surface area contributed by atoms with Crippen LogP contribution in [0.3, 0.4) is 0 Å². The van der Waals surface area contributed by atoms with Gasteiger partial charge in [0.2, 0.25) is 0 Å². The van der Waals surface area contributed by atoms with E-state index in [0.717, 1.165) is 31.5 Å². The predicted octanol–water partition coefficient (Wildman–Crippen LogP) is 3.90. The van der Waals surface area contributed by atoms with Crippen LogP contribution >= 0.6 is 0 Å². The largest absolute Gasteiger partial charge is 0.334 e. The molecule has 0 spiro atoms. The number of rotatable bonds is 3. The van der Waals surface area contributed by atoms with Gasteiger partial charge in [-0.05, 0) is 29.9 Å². The van der Waals surface area contributed by atoms with Crippen molar-refractivity contribution in [1.29, 1.82) is 0 Å². The summed E-state index contributed by atoms with van der Waals surface area (Å²) in [6.45, 7) is 6.80. The highest BCUT2D eigenvalue weighted by Gasteiger charge is 2.14. The van der Waals surface area contributed by atoms with Crippen molar-refractivity contribution in [3.63, 3.8) is 0 Å². The summed E-state index contributed by atoms with van der Waals surface area (Å²) in [5.74, 6) is 0.552. The molecule has 2 rings (SSSR count). The summed E-state index contributed by atoms with van der Waals surface area (Å²) in [7, 11) is 0. The maximum atomic E-state index is 12.1. The van der Waals surface area contributed by atoms with E-state index < -0.39 is 0 Å². The molecule has 3 heteroatoms. The first-order valence-corrected chi connectivity index (χ1v) is 7.78. The molecule has 0 aliphatic carbocycles. The van der Waals surface area contributed by atoms with E-state index in [2.05, 4.69) is 43.4 Å². The van der Waals surface area contributed by atoms with Crippen LogP contribution in [0.4, 0.5) is 4.79 Å². The summed E-state index contributed by atoms with van der Waals surface area (Å²) in [6.07, 6.45) is 4.77. The van der Waals surface area contributed by atoms with Crippen LogP contribution in [0.15, 0.2) is 24.3 Å². The Kier molecular flexibility index (Phi) is 5.45. The maximum absolute atomic E-state index is 12.1. The highest BCUT2D eigenvalue weighted by Crippen LogP contribution is 2.15. The number of hydrogen-bond acceptors (Lipinski definition) is 1. The number of urea groups is 1. The van der Waals surface area contributed by atoms with Gasteiger partial charge in [0.05, 0.1) is 0 Å². The van der Waals surface area contributed by atoms with Crippen molar-refractivity contribution in [3.8, 4) is 0 Å². The second-order valence-corrected chi connectivity index (χ2v) is 5.96. The van der Waals surface area contributed by atoms with Crippen LogP contribution in [0.25, 0.3) is 0 Å². The van der Waals surface area contributed by atoms with Crippen LogP contribution in [0, 0.1) is 0 Å². The number of hydrogen-bond donors (Lipinski definition) is 1. The van der Waals surface area contributed by atoms with Crippen molar-refractivity contribution < 1.29 is 4.79 Å². The number of carbonyl (C=O) groups excluding carboxylic acids is 1. The summed E-state index contributed by atoms with van der Waals surface area (Å²) in [6, 6.07) is 8.60. The topological polar surface area (TPSA) is 32.3 Å². The molecule has 1 saturated heterocycles. The van der Waals surface area contributed by atoms with Gasteiger partial charge in [0.15, 0.2) is 0 Å². The number of amides is 2. The van der Waals surface area contributed by atoms with Crippen molar-refractivity contribution in [2.24, 2.45) is 0 Å². The van der Waals surface area contributed by atoms with E-state index in [0.29, 0.717) is 12.5 Å². The Balaban J connectivity index is 1.83. The van der Waals surface area contributed by atoms with Crippen molar-refractivity contribution in [2.45, 2.75) is 52.0 Å². The fourth-order valence-electron chi connectivity index (χ4n) is 2.58. The molecule has 1 N–H and O–H groups in total. The normalized spacial score (nSPS) is 16.1. The lowest BCUT2D eigenvalue weighted by atomic mass is 10.0. The van der Waals surface area contributed by atoms with Crippen LogP contribution in [0.1, 0.15) is 56.6 Å². The molecule has 1 aliphatic rings. The standard InChI is InChI=1S/C17H26N2O/c1-14(2)16-9-7-15(8-10-16)13-18-17(20)19-11-5-3-4-6-12-19/h7-10,14H,3-6,11-13H2,1-2H3,(H,18,20). The van der Waals surface area contributed by atoms with Crippen LogP contribution in [0.5, 0.6) is 0 Å². The summed E-state index contributed by atoms with van der Waals surface area (Å²) in [4.78, 5) is 14.1. The number of nitrogens with one attached hydrogen (secondary N) is 1. The van der Waals surface area contributed by atoms with Crippen molar-refractivity contribution in [1.82, 2.24) is 10.2 Å². The van der Waals surface area contributed by atoms with E-state index in [1.807, 2.05) is 4.90 Å². The van der Waals surface area contributed by atoms with Gasteiger partial charge in [0.1, 0.15) is 0 Å². The molecule has 1 aliphatic heterocycles. The second kappa shape index (κ2) is 7.32. The first-order chi connectivity index (χ1) is 9.66. The average molecular weight is 274 g/mol. The van der Waals surface area contributed by atoms with Crippen LogP contribution in [-0.2, 0) is 6.54 Å². The summed E-state index contributed by atoms with van der Waals surface area (Å²) in [5.41, 5.74) is 2.50. The van der Waals surface area contributed by atoms with Gasteiger partial charge in [0, 0.05) is 19.6 Å². The zero-order chi connectivity index (χ0) is 14.4. The molecule has 110 valence electrons. The zero-order valence-electron chi connectivity index (χ0n) is 12.7. The van der Waals surface area contributed by atoms with Gasteiger partial charge in [-0.1, -0.05) is 51.0 Å². The SMILES string of the molecule is CC(C)c1ccc(CNC(=O)N2CCCCCC2)cc1. The number of carbonyl (C=O) groups is 1. The summed E-state index contributed by atoms with van der Waals surface area (Å²) in [5, 5.41) is 3.03. The Morgan fingerprint density at radius 1 is 1.10 bits per heavy atom. The second-order valence-electron chi connectivity index (χ2n) is 5.96. The number of nitrogens with zero attached hydrogens (tertiary/aromatic N) is 1. The van der Waals surface area contributed by atoms with Crippen LogP contribution in [-0.4, -0.2) is 24.0 Å². The van der Waals surface area contributed by atoms with Crippen LogP contribution in [0.2, 0.25) is 0 Å². The Hall–Kier alpha value is -1.51. The van der Waals surface area contributed by atoms with Gasteiger partial charge in [-0.2, -0.15) is 0 Å². The smallest absolute Gasteiger partial charge is 0.317 e. The number of benzene rings is 1. The van der Waals surface area contributed by atoms with Crippen molar-refractivity contribution in [3.05, 3.63) is 35.4 Å². The third-order valence-corrected chi connectivity index (χ3v) is 3.98. The minimum Gasteiger partial charge on any atom is -0.334 e. The lowest BCUT2D eigenvalue weighted by molar-refractivity contribution is 0.199. The van der Waals surface area contributed by atoms with Gasteiger partial charge >= 0.3 is 6.03 Å². The molecule has 1 fully saturated rings. The van der Waals surface area contributed by atoms with Crippen LogP contribution < -0.4 is 5.32 Å². The van der Waals surface area contributed by atoms with E-state index in [-0.39, 0.29) is 6.03 Å². The molecule has 3 nitrogen and oxygen atoms in total. The van der Waals surface area contributed by atoms with Gasteiger partial charge in [-0.25, -0.2) is 4.79 Å². The number of likely N-dealkylation sites (tertiary alicyclic amines) is 1. The Bertz CT molecular complexity index is 417. The monoisotopic (exact) mass is 274 g/mol. The molecule has 0 unspecified atom stereocenters.